The van der Waals surface area contributed by atoms with Crippen LogP contribution in [0.15, 0.2) is 53.8 Å². The molecule has 0 spiro atoms. The van der Waals surface area contributed by atoms with E-state index in [1.165, 1.54) is 50.7 Å². The summed E-state index contributed by atoms with van der Waals surface area (Å²) in [6, 6.07) is 6.86. The minimum atomic E-state index is -0.0264. The standard InChI is InChI=1S/C30H39N/c1-9-11-17-30(8,21(5)10-2)24-15-13-20(4)27-26(24)28-25-22(16-18-31-28)19(3)12-14-23(25)29(27,6)7/h11-14,16-18,21,24H,9-10,15H2,1-8H3. The molecule has 1 heteroatoms. The molecule has 0 saturated heterocycles. The lowest BCUT2D eigenvalue weighted by molar-refractivity contribution is 0.198. The first-order valence-corrected chi connectivity index (χ1v) is 12.2. The van der Waals surface area contributed by atoms with Gasteiger partial charge in [-0.1, -0.05) is 83.9 Å². The van der Waals surface area contributed by atoms with Crippen LogP contribution in [0.4, 0.5) is 0 Å². The van der Waals surface area contributed by atoms with E-state index in [0.29, 0.717) is 11.8 Å². The highest BCUT2D eigenvalue weighted by Crippen LogP contribution is 2.58. The van der Waals surface area contributed by atoms with E-state index in [0.717, 1.165) is 12.8 Å². The fourth-order valence-electron chi connectivity index (χ4n) is 6.32. The van der Waals surface area contributed by atoms with Crippen LogP contribution in [-0.4, -0.2) is 4.98 Å². The fourth-order valence-corrected chi connectivity index (χ4v) is 6.32. The second-order valence-corrected chi connectivity index (χ2v) is 10.6. The highest BCUT2D eigenvalue weighted by Gasteiger charge is 2.46. The molecule has 2 aromatic rings. The van der Waals surface area contributed by atoms with Crippen LogP contribution in [0.5, 0.6) is 0 Å². The molecule has 0 amide bonds. The molecule has 0 aliphatic heterocycles. The van der Waals surface area contributed by atoms with Crippen LogP contribution >= 0.6 is 0 Å². The van der Waals surface area contributed by atoms with E-state index in [2.05, 4.69) is 91.8 Å². The molecule has 2 aliphatic rings. The van der Waals surface area contributed by atoms with Crippen molar-refractivity contribution in [2.75, 3.05) is 0 Å². The van der Waals surface area contributed by atoms with Gasteiger partial charge in [0.15, 0.2) is 0 Å². The first kappa shape index (κ1) is 22.1. The molecular weight excluding hydrogens is 374 g/mol. The van der Waals surface area contributed by atoms with Crippen molar-refractivity contribution in [2.45, 2.75) is 80.1 Å². The van der Waals surface area contributed by atoms with Crippen molar-refractivity contribution in [1.82, 2.24) is 4.98 Å². The lowest BCUT2D eigenvalue weighted by Crippen LogP contribution is -2.38. The Morgan fingerprint density at radius 2 is 1.94 bits per heavy atom. The molecule has 3 unspecified atom stereocenters. The van der Waals surface area contributed by atoms with Gasteiger partial charge in [-0.05, 0) is 77.7 Å². The Labute approximate surface area is 189 Å². The van der Waals surface area contributed by atoms with Crippen molar-refractivity contribution in [1.29, 1.82) is 0 Å². The summed E-state index contributed by atoms with van der Waals surface area (Å²) in [6.07, 6.45) is 12.8. The SMILES string of the molecule is CCC=CC(C)(C(C)CC)C1CC=C(C)C2=C1c1nccc3c(C)ccc(c13)C2(C)C. The average Bonchev–Trinajstić information content (AvgIpc) is 2.75. The summed E-state index contributed by atoms with van der Waals surface area (Å²) in [5, 5.41) is 2.75. The zero-order valence-corrected chi connectivity index (χ0v) is 20.8. The van der Waals surface area contributed by atoms with E-state index in [1.807, 2.05) is 6.20 Å². The van der Waals surface area contributed by atoms with Crippen molar-refractivity contribution >= 4 is 16.3 Å². The number of aryl methyl sites for hydroxylation is 1. The third-order valence-corrected chi connectivity index (χ3v) is 8.51. The third kappa shape index (κ3) is 3.15. The van der Waals surface area contributed by atoms with E-state index < -0.39 is 0 Å². The second-order valence-electron chi connectivity index (χ2n) is 10.6. The number of nitrogens with zero attached hydrogens (tertiary/aromatic N) is 1. The van der Waals surface area contributed by atoms with Crippen molar-refractivity contribution in [3.63, 3.8) is 0 Å². The first-order valence-electron chi connectivity index (χ1n) is 12.2. The Morgan fingerprint density at radius 1 is 1.19 bits per heavy atom. The van der Waals surface area contributed by atoms with E-state index in [9.17, 15) is 0 Å². The fraction of sp³-hybridized carbons (Fsp3) is 0.500. The molecule has 4 rings (SSSR count). The maximum atomic E-state index is 5.08. The zero-order valence-electron chi connectivity index (χ0n) is 20.8. The highest BCUT2D eigenvalue weighted by molar-refractivity contribution is 6.02. The summed E-state index contributed by atoms with van der Waals surface area (Å²) < 4.78 is 0. The van der Waals surface area contributed by atoms with Gasteiger partial charge < -0.3 is 0 Å². The number of fused-ring (bicyclic) bond motifs is 1. The van der Waals surface area contributed by atoms with Gasteiger partial charge in [-0.2, -0.15) is 0 Å². The topological polar surface area (TPSA) is 12.9 Å². The van der Waals surface area contributed by atoms with Gasteiger partial charge in [0.05, 0.1) is 5.69 Å². The van der Waals surface area contributed by atoms with Crippen molar-refractivity contribution in [2.24, 2.45) is 17.3 Å². The van der Waals surface area contributed by atoms with Gasteiger partial charge in [-0.3, -0.25) is 4.98 Å². The van der Waals surface area contributed by atoms with Gasteiger partial charge in [-0.15, -0.1) is 0 Å². The van der Waals surface area contributed by atoms with Gasteiger partial charge in [0.2, 0.25) is 0 Å². The van der Waals surface area contributed by atoms with Gasteiger partial charge in [0.1, 0.15) is 0 Å². The summed E-state index contributed by atoms with van der Waals surface area (Å²) in [5.74, 6) is 1.04. The average molecular weight is 414 g/mol. The van der Waals surface area contributed by atoms with Crippen molar-refractivity contribution < 1.29 is 0 Å². The Balaban J connectivity index is 2.08. The largest absolute Gasteiger partial charge is 0.256 e. The predicted molar refractivity (Wildman–Crippen MR) is 135 cm³/mol. The summed E-state index contributed by atoms with van der Waals surface area (Å²) >= 11 is 0. The van der Waals surface area contributed by atoms with Gasteiger partial charge in [0.25, 0.3) is 0 Å². The van der Waals surface area contributed by atoms with Crippen molar-refractivity contribution in [3.05, 3.63) is 70.6 Å². The van der Waals surface area contributed by atoms with Gasteiger partial charge in [-0.25, -0.2) is 0 Å². The normalized spacial score (nSPS) is 23.0. The number of pyridine rings is 1. The Kier molecular flexibility index (Phi) is 5.53. The van der Waals surface area contributed by atoms with Gasteiger partial charge in [0, 0.05) is 17.0 Å². The maximum absolute atomic E-state index is 5.08. The summed E-state index contributed by atoms with van der Waals surface area (Å²) in [7, 11) is 0. The Morgan fingerprint density at radius 3 is 2.61 bits per heavy atom. The smallest absolute Gasteiger partial charge is 0.0749 e. The first-order chi connectivity index (χ1) is 14.7. The molecule has 1 heterocycles. The minimum absolute atomic E-state index is 0.0264. The monoisotopic (exact) mass is 413 g/mol. The molecule has 3 atom stereocenters. The van der Waals surface area contributed by atoms with Crippen LogP contribution in [0, 0.1) is 24.2 Å². The molecule has 1 aromatic carbocycles. The van der Waals surface area contributed by atoms with E-state index in [4.69, 9.17) is 4.98 Å². The molecule has 0 fully saturated rings. The summed E-state index contributed by atoms with van der Waals surface area (Å²) in [5.41, 5.74) is 8.55. The van der Waals surface area contributed by atoms with Crippen molar-refractivity contribution in [3.8, 4) is 0 Å². The molecule has 31 heavy (non-hydrogen) atoms. The molecule has 164 valence electrons. The molecule has 0 N–H and O–H groups in total. The molecule has 0 radical (unpaired) electrons. The van der Waals surface area contributed by atoms with Crippen LogP contribution < -0.4 is 0 Å². The number of aromatic nitrogens is 1. The lowest BCUT2D eigenvalue weighted by atomic mass is 9.56. The molecule has 1 nitrogen and oxygen atoms in total. The highest BCUT2D eigenvalue weighted by atomic mass is 14.7. The molecular formula is C30H39N. The number of hydrogen-bond donors (Lipinski definition) is 0. The summed E-state index contributed by atoms with van der Waals surface area (Å²) in [6.45, 7) is 18.9. The molecule has 1 aromatic heterocycles. The van der Waals surface area contributed by atoms with E-state index >= 15 is 0 Å². The van der Waals surface area contributed by atoms with Crippen LogP contribution in [0.3, 0.4) is 0 Å². The van der Waals surface area contributed by atoms with Crippen LogP contribution in [-0.2, 0) is 5.41 Å². The van der Waals surface area contributed by atoms with Crippen LogP contribution in [0.25, 0.3) is 16.3 Å². The second kappa shape index (κ2) is 7.76. The predicted octanol–water partition coefficient (Wildman–Crippen LogP) is 8.57. The number of hydrogen-bond acceptors (Lipinski definition) is 1. The Hall–Kier alpha value is -2.15. The number of benzene rings is 1. The quantitative estimate of drug-likeness (QED) is 0.447. The van der Waals surface area contributed by atoms with E-state index in [1.54, 1.807) is 0 Å². The molecule has 0 bridgehead atoms. The number of allylic oxidation sites excluding steroid dienone is 6. The van der Waals surface area contributed by atoms with Gasteiger partial charge >= 0.3 is 0 Å². The lowest BCUT2D eigenvalue weighted by Gasteiger charge is -2.48. The third-order valence-electron chi connectivity index (χ3n) is 8.51. The van der Waals surface area contributed by atoms with Crippen LogP contribution in [0.2, 0.25) is 0 Å². The molecule has 2 aliphatic carbocycles. The molecule has 0 saturated carbocycles. The minimum Gasteiger partial charge on any atom is -0.256 e. The van der Waals surface area contributed by atoms with E-state index in [-0.39, 0.29) is 10.8 Å². The summed E-state index contributed by atoms with van der Waals surface area (Å²) in [4.78, 5) is 5.08. The van der Waals surface area contributed by atoms with Crippen LogP contribution in [0.1, 0.15) is 84.5 Å². The number of rotatable bonds is 5. The zero-order chi connectivity index (χ0) is 22.6. The Bertz CT molecular complexity index is 1110. The maximum Gasteiger partial charge on any atom is 0.0749 e.